The second kappa shape index (κ2) is 9.25. The van der Waals surface area contributed by atoms with Gasteiger partial charge < -0.3 is 14.8 Å². The zero-order valence-corrected chi connectivity index (χ0v) is 17.4. The Kier molecular flexibility index (Phi) is 6.07. The number of carbonyl (C=O) groups excluding carboxylic acids is 1. The highest BCUT2D eigenvalue weighted by Crippen LogP contribution is 2.29. The van der Waals surface area contributed by atoms with Crippen molar-refractivity contribution in [3.8, 4) is 17.2 Å². The maximum atomic E-state index is 14.3. The number of aromatic nitrogens is 4. The number of tetrazole rings is 1. The molecule has 0 aliphatic rings. The summed E-state index contributed by atoms with van der Waals surface area (Å²) in [5, 5.41) is 13.8. The molecule has 4 aromatic rings. The van der Waals surface area contributed by atoms with Crippen LogP contribution in [0.5, 0.6) is 11.5 Å². The molecule has 0 spiro atoms. The number of amides is 1. The standard InChI is InChI=1S/C23H20FN5O3/c1-15-26-27-28-29(15)18-9-10-19(24)20(13-18)25-23(30)17-8-11-21(22(12-17)31-2)32-14-16-6-4-3-5-7-16/h3-13H,14H2,1-2H3,(H,25,30). The van der Waals surface area contributed by atoms with Gasteiger partial charge in [0.05, 0.1) is 18.5 Å². The summed E-state index contributed by atoms with van der Waals surface area (Å²) in [5.74, 6) is 0.345. The van der Waals surface area contributed by atoms with Crippen molar-refractivity contribution >= 4 is 11.6 Å². The van der Waals surface area contributed by atoms with Crippen LogP contribution in [-0.4, -0.2) is 33.2 Å². The van der Waals surface area contributed by atoms with Crippen molar-refractivity contribution < 1.29 is 18.7 Å². The summed E-state index contributed by atoms with van der Waals surface area (Å²) in [5.41, 5.74) is 1.82. The lowest BCUT2D eigenvalue weighted by molar-refractivity contribution is 0.102. The van der Waals surface area contributed by atoms with Crippen LogP contribution < -0.4 is 14.8 Å². The van der Waals surface area contributed by atoms with E-state index in [0.717, 1.165) is 5.56 Å². The smallest absolute Gasteiger partial charge is 0.255 e. The van der Waals surface area contributed by atoms with Gasteiger partial charge in [-0.25, -0.2) is 4.39 Å². The quantitative estimate of drug-likeness (QED) is 0.475. The molecule has 0 bridgehead atoms. The normalized spacial score (nSPS) is 10.6. The van der Waals surface area contributed by atoms with E-state index in [9.17, 15) is 9.18 Å². The van der Waals surface area contributed by atoms with Crippen molar-refractivity contribution in [2.75, 3.05) is 12.4 Å². The van der Waals surface area contributed by atoms with Crippen LogP contribution >= 0.6 is 0 Å². The molecule has 0 atom stereocenters. The minimum absolute atomic E-state index is 0.00534. The second-order valence-electron chi connectivity index (χ2n) is 6.90. The van der Waals surface area contributed by atoms with Crippen molar-refractivity contribution in [3.63, 3.8) is 0 Å². The molecule has 32 heavy (non-hydrogen) atoms. The molecule has 0 aliphatic carbocycles. The predicted octanol–water partition coefficient (Wildman–Crippen LogP) is 3.95. The number of carbonyl (C=O) groups is 1. The van der Waals surface area contributed by atoms with Gasteiger partial charge in [-0.15, -0.1) is 5.10 Å². The summed E-state index contributed by atoms with van der Waals surface area (Å²) in [4.78, 5) is 12.8. The summed E-state index contributed by atoms with van der Waals surface area (Å²) < 4.78 is 27.0. The highest BCUT2D eigenvalue weighted by Gasteiger charge is 2.15. The SMILES string of the molecule is COc1cc(C(=O)Nc2cc(-n3nnnc3C)ccc2F)ccc1OCc1ccccc1. The molecule has 0 unspecified atom stereocenters. The average molecular weight is 433 g/mol. The van der Waals surface area contributed by atoms with Crippen LogP contribution in [0, 0.1) is 12.7 Å². The highest BCUT2D eigenvalue weighted by atomic mass is 19.1. The fourth-order valence-electron chi connectivity index (χ4n) is 3.07. The van der Waals surface area contributed by atoms with Gasteiger partial charge in [0.25, 0.3) is 5.91 Å². The van der Waals surface area contributed by atoms with Crippen molar-refractivity contribution in [1.29, 1.82) is 0 Å². The van der Waals surface area contributed by atoms with Gasteiger partial charge in [0.15, 0.2) is 17.3 Å². The molecule has 1 amide bonds. The predicted molar refractivity (Wildman–Crippen MR) is 116 cm³/mol. The number of hydrogen-bond donors (Lipinski definition) is 1. The number of rotatable bonds is 7. The Balaban J connectivity index is 1.51. The Morgan fingerprint density at radius 2 is 1.88 bits per heavy atom. The molecule has 1 N–H and O–H groups in total. The summed E-state index contributed by atoms with van der Waals surface area (Å²) in [7, 11) is 1.49. The number of aryl methyl sites for hydroxylation is 1. The summed E-state index contributed by atoms with van der Waals surface area (Å²) in [6.45, 7) is 2.08. The molecule has 4 rings (SSSR count). The van der Waals surface area contributed by atoms with Gasteiger partial charge in [-0.05, 0) is 59.3 Å². The largest absolute Gasteiger partial charge is 0.493 e. The van der Waals surface area contributed by atoms with E-state index in [4.69, 9.17) is 9.47 Å². The third-order valence-corrected chi connectivity index (χ3v) is 4.73. The van der Waals surface area contributed by atoms with Gasteiger partial charge in [-0.2, -0.15) is 4.68 Å². The fourth-order valence-corrected chi connectivity index (χ4v) is 3.07. The number of benzene rings is 3. The van der Waals surface area contributed by atoms with Crippen LogP contribution in [0.1, 0.15) is 21.7 Å². The fraction of sp³-hybridized carbons (Fsp3) is 0.130. The van der Waals surface area contributed by atoms with Crippen molar-refractivity contribution in [3.05, 3.63) is 89.5 Å². The molecule has 3 aromatic carbocycles. The molecule has 0 fully saturated rings. The van der Waals surface area contributed by atoms with Crippen molar-refractivity contribution in [2.45, 2.75) is 13.5 Å². The van der Waals surface area contributed by atoms with E-state index in [1.54, 1.807) is 25.1 Å². The van der Waals surface area contributed by atoms with Crippen LogP contribution in [-0.2, 0) is 6.61 Å². The Bertz CT molecular complexity index is 1240. The summed E-state index contributed by atoms with van der Waals surface area (Å²) in [6, 6.07) is 18.7. The lowest BCUT2D eigenvalue weighted by atomic mass is 10.1. The molecule has 0 saturated carbocycles. The Morgan fingerprint density at radius 3 is 2.59 bits per heavy atom. The van der Waals surface area contributed by atoms with E-state index in [-0.39, 0.29) is 11.3 Å². The van der Waals surface area contributed by atoms with Crippen LogP contribution in [0.3, 0.4) is 0 Å². The lowest BCUT2D eigenvalue weighted by Crippen LogP contribution is -2.14. The highest BCUT2D eigenvalue weighted by molar-refractivity contribution is 6.04. The number of methoxy groups -OCH3 is 1. The average Bonchev–Trinajstić information content (AvgIpc) is 3.25. The number of ether oxygens (including phenoxy) is 2. The van der Waals surface area contributed by atoms with Gasteiger partial charge in [0.2, 0.25) is 0 Å². The maximum absolute atomic E-state index is 14.3. The number of hydrogen-bond acceptors (Lipinski definition) is 6. The van der Waals surface area contributed by atoms with E-state index in [2.05, 4.69) is 20.8 Å². The summed E-state index contributed by atoms with van der Waals surface area (Å²) in [6.07, 6.45) is 0. The van der Waals surface area contributed by atoms with Crippen molar-refractivity contribution in [1.82, 2.24) is 20.2 Å². The van der Waals surface area contributed by atoms with Crippen LogP contribution in [0.4, 0.5) is 10.1 Å². The minimum atomic E-state index is -0.581. The number of anilines is 1. The summed E-state index contributed by atoms with van der Waals surface area (Å²) >= 11 is 0. The first-order valence-corrected chi connectivity index (χ1v) is 9.76. The first kappa shape index (κ1) is 21.0. The molecule has 0 saturated heterocycles. The van der Waals surface area contributed by atoms with E-state index < -0.39 is 11.7 Å². The molecule has 0 radical (unpaired) electrons. The van der Waals surface area contributed by atoms with Gasteiger partial charge in [0, 0.05) is 5.56 Å². The molecule has 162 valence electrons. The molecular formula is C23H20FN5O3. The monoisotopic (exact) mass is 433 g/mol. The Morgan fingerprint density at radius 1 is 1.06 bits per heavy atom. The van der Waals surface area contributed by atoms with Crippen LogP contribution in [0.2, 0.25) is 0 Å². The number of nitrogens with zero attached hydrogens (tertiary/aromatic N) is 4. The van der Waals surface area contributed by atoms with Gasteiger partial charge in [-0.1, -0.05) is 30.3 Å². The molecule has 9 heteroatoms. The first-order valence-electron chi connectivity index (χ1n) is 9.76. The zero-order valence-electron chi connectivity index (χ0n) is 17.4. The van der Waals surface area contributed by atoms with E-state index >= 15 is 0 Å². The lowest BCUT2D eigenvalue weighted by Gasteiger charge is -2.13. The number of halogens is 1. The topological polar surface area (TPSA) is 91.2 Å². The number of nitrogens with one attached hydrogen (secondary N) is 1. The Labute approximate surface area is 183 Å². The third kappa shape index (κ3) is 4.56. The molecule has 0 aliphatic heterocycles. The molecular weight excluding hydrogens is 413 g/mol. The zero-order chi connectivity index (χ0) is 22.5. The Hall–Kier alpha value is -4.27. The van der Waals surface area contributed by atoms with Crippen molar-refractivity contribution in [2.24, 2.45) is 0 Å². The third-order valence-electron chi connectivity index (χ3n) is 4.73. The van der Waals surface area contributed by atoms with E-state index in [0.29, 0.717) is 29.6 Å². The van der Waals surface area contributed by atoms with Crippen LogP contribution in [0.15, 0.2) is 66.7 Å². The maximum Gasteiger partial charge on any atom is 0.255 e. The minimum Gasteiger partial charge on any atom is -0.493 e. The first-order chi connectivity index (χ1) is 15.5. The van der Waals surface area contributed by atoms with Gasteiger partial charge in [-0.3, -0.25) is 4.79 Å². The van der Waals surface area contributed by atoms with Crippen LogP contribution in [0.25, 0.3) is 5.69 Å². The molecule has 1 aromatic heterocycles. The second-order valence-corrected chi connectivity index (χ2v) is 6.90. The van der Waals surface area contributed by atoms with E-state index in [1.807, 2.05) is 30.3 Å². The molecule has 1 heterocycles. The van der Waals surface area contributed by atoms with Gasteiger partial charge in [0.1, 0.15) is 12.4 Å². The molecule has 8 nitrogen and oxygen atoms in total. The van der Waals surface area contributed by atoms with Gasteiger partial charge >= 0.3 is 0 Å². The van der Waals surface area contributed by atoms with E-state index in [1.165, 1.54) is 30.0 Å².